The summed E-state index contributed by atoms with van der Waals surface area (Å²) in [4.78, 5) is 16.1. The van der Waals surface area contributed by atoms with Crippen LogP contribution in [0.1, 0.15) is 58.4 Å². The van der Waals surface area contributed by atoms with Crippen LogP contribution in [0, 0.1) is 5.92 Å². The number of aliphatic hydroxyl groups is 1. The number of rotatable bonds is 4. The van der Waals surface area contributed by atoms with Crippen molar-refractivity contribution in [2.75, 3.05) is 0 Å². The fourth-order valence-electron chi connectivity index (χ4n) is 1.98. The highest BCUT2D eigenvalue weighted by Crippen LogP contribution is 2.38. The van der Waals surface area contributed by atoms with Gasteiger partial charge in [-0.15, -0.1) is 0 Å². The van der Waals surface area contributed by atoms with Crippen LogP contribution in [0.25, 0.3) is 0 Å². The molecular formula is C14H22N2O3. The third-order valence-corrected chi connectivity index (χ3v) is 3.19. The Kier molecular flexibility index (Phi) is 3.67. The average molecular weight is 266 g/mol. The van der Waals surface area contributed by atoms with Crippen LogP contribution in [-0.4, -0.2) is 26.2 Å². The number of esters is 1. The highest BCUT2D eigenvalue weighted by molar-refractivity contribution is 5.73. The lowest BCUT2D eigenvalue weighted by molar-refractivity contribution is -0.163. The lowest BCUT2D eigenvalue weighted by atomic mass is 10.0. The van der Waals surface area contributed by atoms with Gasteiger partial charge >= 0.3 is 5.97 Å². The zero-order valence-electron chi connectivity index (χ0n) is 12.0. The van der Waals surface area contributed by atoms with Crippen molar-refractivity contribution in [2.24, 2.45) is 5.92 Å². The Balaban J connectivity index is 2.07. The first-order chi connectivity index (χ1) is 8.79. The van der Waals surface area contributed by atoms with E-state index in [0.29, 0.717) is 11.7 Å². The molecule has 5 heteroatoms. The number of imidazole rings is 1. The maximum atomic E-state index is 12.0. The second-order valence-corrected chi connectivity index (χ2v) is 6.22. The van der Waals surface area contributed by atoms with Gasteiger partial charge < -0.3 is 14.4 Å². The summed E-state index contributed by atoms with van der Waals surface area (Å²) in [7, 11) is 0. The van der Waals surface area contributed by atoms with Gasteiger partial charge in [0.1, 0.15) is 11.7 Å². The van der Waals surface area contributed by atoms with Gasteiger partial charge in [-0.05, 0) is 40.5 Å². The third-order valence-electron chi connectivity index (χ3n) is 3.19. The Morgan fingerprint density at radius 2 is 2.16 bits per heavy atom. The molecule has 1 N–H and O–H groups in total. The first kappa shape index (κ1) is 14.1. The van der Waals surface area contributed by atoms with E-state index in [1.165, 1.54) is 0 Å². The molecule has 2 unspecified atom stereocenters. The van der Waals surface area contributed by atoms with Crippen molar-refractivity contribution < 1.29 is 14.6 Å². The number of ether oxygens (including phenoxy) is 1. The van der Waals surface area contributed by atoms with Crippen LogP contribution in [0.2, 0.25) is 0 Å². The van der Waals surface area contributed by atoms with Crippen LogP contribution in [-0.2, 0) is 9.53 Å². The van der Waals surface area contributed by atoms with Crippen molar-refractivity contribution >= 4 is 5.97 Å². The van der Waals surface area contributed by atoms with Crippen LogP contribution < -0.4 is 0 Å². The summed E-state index contributed by atoms with van der Waals surface area (Å²) >= 11 is 0. The summed E-state index contributed by atoms with van der Waals surface area (Å²) in [6.07, 6.45) is 4.69. The highest BCUT2D eigenvalue weighted by atomic mass is 16.6. The lowest BCUT2D eigenvalue weighted by Crippen LogP contribution is -2.30. The van der Waals surface area contributed by atoms with Crippen LogP contribution in [0.5, 0.6) is 0 Å². The molecule has 1 fully saturated rings. The molecule has 0 aromatic carbocycles. The number of nitrogens with zero attached hydrogens (tertiary/aromatic N) is 2. The van der Waals surface area contributed by atoms with Gasteiger partial charge in [-0.1, -0.05) is 0 Å². The van der Waals surface area contributed by atoms with Crippen molar-refractivity contribution in [1.82, 2.24) is 9.55 Å². The Bertz CT molecular complexity index is 458. The van der Waals surface area contributed by atoms with Crippen molar-refractivity contribution in [2.45, 2.75) is 58.3 Å². The van der Waals surface area contributed by atoms with Crippen molar-refractivity contribution in [3.63, 3.8) is 0 Å². The number of aliphatic hydroxyl groups excluding tert-OH is 1. The summed E-state index contributed by atoms with van der Waals surface area (Å²) in [6, 6.07) is 0.429. The van der Waals surface area contributed by atoms with Gasteiger partial charge in [-0.2, -0.15) is 0 Å². The summed E-state index contributed by atoms with van der Waals surface area (Å²) in [5.41, 5.74) is 0.155. The van der Waals surface area contributed by atoms with Gasteiger partial charge in [0.05, 0.1) is 24.1 Å². The Morgan fingerprint density at radius 3 is 2.68 bits per heavy atom. The van der Waals surface area contributed by atoms with Gasteiger partial charge in [-0.3, -0.25) is 4.79 Å². The van der Waals surface area contributed by atoms with E-state index >= 15 is 0 Å². The van der Waals surface area contributed by atoms with Gasteiger partial charge in [0, 0.05) is 6.04 Å². The summed E-state index contributed by atoms with van der Waals surface area (Å²) in [5.74, 6) is -0.989. The predicted octanol–water partition coefficient (Wildman–Crippen LogP) is 2.23. The van der Waals surface area contributed by atoms with Crippen LogP contribution in [0.15, 0.2) is 12.5 Å². The third kappa shape index (κ3) is 3.35. The molecule has 1 aliphatic rings. The average Bonchev–Trinajstić information content (AvgIpc) is 3.03. The first-order valence-electron chi connectivity index (χ1n) is 6.72. The quantitative estimate of drug-likeness (QED) is 0.849. The molecule has 2 rings (SSSR count). The first-order valence-corrected chi connectivity index (χ1v) is 6.72. The fraction of sp³-hybridized carbons (Fsp3) is 0.714. The van der Waals surface area contributed by atoms with E-state index in [9.17, 15) is 9.90 Å². The van der Waals surface area contributed by atoms with Gasteiger partial charge in [0.2, 0.25) is 0 Å². The van der Waals surface area contributed by atoms with Crippen LogP contribution >= 0.6 is 0 Å². The smallest absolute Gasteiger partial charge is 0.312 e. The van der Waals surface area contributed by atoms with Gasteiger partial charge in [-0.25, -0.2) is 4.98 Å². The summed E-state index contributed by atoms with van der Waals surface area (Å²) in [5, 5.41) is 10.3. The minimum atomic E-state index is -0.877. The molecule has 1 saturated carbocycles. The Labute approximate surface area is 113 Å². The second-order valence-electron chi connectivity index (χ2n) is 6.22. The molecule has 19 heavy (non-hydrogen) atoms. The Morgan fingerprint density at radius 1 is 1.53 bits per heavy atom. The number of hydrogen-bond acceptors (Lipinski definition) is 4. The zero-order chi connectivity index (χ0) is 14.2. The van der Waals surface area contributed by atoms with E-state index in [4.69, 9.17) is 4.74 Å². The van der Waals surface area contributed by atoms with E-state index in [2.05, 4.69) is 4.98 Å². The molecule has 0 aliphatic heterocycles. The Hall–Kier alpha value is -1.36. The standard InChI is InChI=1S/C14H22N2O3/c1-9(13(18)19-14(2,3)4)12(17)11-7-15-8-16(11)10-5-6-10/h7-10,12,17H,5-6H2,1-4H3. The minimum absolute atomic E-state index is 0.386. The molecule has 0 spiro atoms. The number of aromatic nitrogens is 2. The van der Waals surface area contributed by atoms with E-state index in [-0.39, 0.29) is 5.97 Å². The topological polar surface area (TPSA) is 64.3 Å². The molecule has 106 valence electrons. The minimum Gasteiger partial charge on any atom is -0.460 e. The molecule has 1 aliphatic carbocycles. The van der Waals surface area contributed by atoms with Crippen molar-refractivity contribution in [1.29, 1.82) is 0 Å². The van der Waals surface area contributed by atoms with E-state index in [1.807, 2.05) is 25.3 Å². The van der Waals surface area contributed by atoms with Gasteiger partial charge in [0.25, 0.3) is 0 Å². The number of carbonyl (C=O) groups excluding carboxylic acids is 1. The molecule has 0 bridgehead atoms. The summed E-state index contributed by atoms with van der Waals surface area (Å²) < 4.78 is 7.27. The maximum Gasteiger partial charge on any atom is 0.312 e. The maximum absolute atomic E-state index is 12.0. The SMILES string of the molecule is CC(C(=O)OC(C)(C)C)C(O)c1cncn1C1CC1. The molecular weight excluding hydrogens is 244 g/mol. The van der Waals surface area contributed by atoms with Crippen molar-refractivity contribution in [3.05, 3.63) is 18.2 Å². The monoisotopic (exact) mass is 266 g/mol. The zero-order valence-corrected chi connectivity index (χ0v) is 12.0. The second kappa shape index (κ2) is 4.96. The molecule has 1 aromatic rings. The molecule has 5 nitrogen and oxygen atoms in total. The molecule has 1 heterocycles. The van der Waals surface area contributed by atoms with Crippen molar-refractivity contribution in [3.8, 4) is 0 Å². The largest absolute Gasteiger partial charge is 0.460 e. The number of carbonyl (C=O) groups is 1. The van der Waals surface area contributed by atoms with E-state index in [0.717, 1.165) is 12.8 Å². The normalized spacial score (nSPS) is 19.0. The van der Waals surface area contributed by atoms with Crippen LogP contribution in [0.3, 0.4) is 0 Å². The molecule has 0 radical (unpaired) electrons. The molecule has 0 amide bonds. The fourth-order valence-corrected chi connectivity index (χ4v) is 1.98. The van der Waals surface area contributed by atoms with E-state index < -0.39 is 17.6 Å². The highest BCUT2D eigenvalue weighted by Gasteiger charge is 2.33. The van der Waals surface area contributed by atoms with Gasteiger partial charge in [0.15, 0.2) is 0 Å². The predicted molar refractivity (Wildman–Crippen MR) is 70.5 cm³/mol. The lowest BCUT2D eigenvalue weighted by Gasteiger charge is -2.25. The number of hydrogen-bond donors (Lipinski definition) is 1. The van der Waals surface area contributed by atoms with E-state index in [1.54, 1.807) is 19.4 Å². The molecule has 2 atom stereocenters. The summed E-state index contributed by atoms with van der Waals surface area (Å²) in [6.45, 7) is 7.14. The molecule has 0 saturated heterocycles. The molecule has 1 aromatic heterocycles. The van der Waals surface area contributed by atoms with Crippen LogP contribution in [0.4, 0.5) is 0 Å².